The molecule has 0 aliphatic carbocycles. The summed E-state index contributed by atoms with van der Waals surface area (Å²) in [6.45, 7) is 1.56. The van der Waals surface area contributed by atoms with Crippen LogP contribution in [0.2, 0.25) is 0 Å². The van der Waals surface area contributed by atoms with Gasteiger partial charge in [0.1, 0.15) is 5.56 Å². The van der Waals surface area contributed by atoms with Gasteiger partial charge in [0.2, 0.25) is 0 Å². The summed E-state index contributed by atoms with van der Waals surface area (Å²) in [5.74, 6) is -0.956. The lowest BCUT2D eigenvalue weighted by Crippen LogP contribution is -2.08. The third-order valence-electron chi connectivity index (χ3n) is 1.88. The molecule has 0 fully saturated rings. The third kappa shape index (κ3) is 2.74. The second kappa shape index (κ2) is 5.01. The number of carbonyl (C=O) groups is 1. The van der Waals surface area contributed by atoms with Crippen molar-refractivity contribution < 1.29 is 19.4 Å². The molecule has 0 radical (unpaired) electrons. The van der Waals surface area contributed by atoms with Gasteiger partial charge in [0.25, 0.3) is 11.4 Å². The van der Waals surface area contributed by atoms with Crippen LogP contribution in [0.4, 0.5) is 11.4 Å². The number of esters is 1. The molecule has 0 spiro atoms. The fourth-order valence-corrected chi connectivity index (χ4v) is 1.17. The van der Waals surface area contributed by atoms with Gasteiger partial charge in [-0.1, -0.05) is 0 Å². The highest BCUT2D eigenvalue weighted by Gasteiger charge is 2.24. The Kier molecular flexibility index (Phi) is 3.70. The van der Waals surface area contributed by atoms with Crippen molar-refractivity contribution in [1.82, 2.24) is 0 Å². The van der Waals surface area contributed by atoms with Crippen molar-refractivity contribution in [1.29, 1.82) is 0 Å². The fourth-order valence-electron chi connectivity index (χ4n) is 1.17. The first kappa shape index (κ1) is 12.6. The number of hydrogen-bond acceptors (Lipinski definition) is 6. The Balaban J connectivity index is 3.30. The molecule has 1 aromatic rings. The zero-order valence-corrected chi connectivity index (χ0v) is 8.78. The Morgan fingerprint density at radius 3 is 2.41 bits per heavy atom. The lowest BCUT2D eigenvalue weighted by molar-refractivity contribution is -0.389. The van der Waals surface area contributed by atoms with E-state index >= 15 is 0 Å². The lowest BCUT2D eigenvalue weighted by Gasteiger charge is -2.02. The monoisotopic (exact) mass is 240 g/mol. The molecule has 1 aromatic carbocycles. The molecule has 0 bridgehead atoms. The molecule has 0 atom stereocenters. The zero-order valence-electron chi connectivity index (χ0n) is 8.78. The van der Waals surface area contributed by atoms with Gasteiger partial charge in [0.15, 0.2) is 0 Å². The molecule has 0 unspecified atom stereocenters. The van der Waals surface area contributed by atoms with Gasteiger partial charge >= 0.3 is 5.97 Å². The number of nitro groups is 2. The van der Waals surface area contributed by atoms with E-state index in [1.807, 2.05) is 0 Å². The average Bonchev–Trinajstić information content (AvgIpc) is 2.28. The minimum atomic E-state index is -0.956. The third-order valence-corrected chi connectivity index (χ3v) is 1.88. The van der Waals surface area contributed by atoms with Crippen LogP contribution in [0.25, 0.3) is 0 Å². The van der Waals surface area contributed by atoms with Gasteiger partial charge < -0.3 is 4.74 Å². The standard InChI is InChI=1S/C9H8N2O6/c1-2-17-9(12)7-5-6(10(13)14)3-4-8(7)11(15)16/h3-5H,2H2,1H3. The molecule has 0 heterocycles. The number of nitro benzene ring substituents is 2. The van der Waals surface area contributed by atoms with Crippen LogP contribution >= 0.6 is 0 Å². The van der Waals surface area contributed by atoms with Gasteiger partial charge in [0, 0.05) is 18.2 Å². The molecular formula is C9H8N2O6. The number of non-ortho nitro benzene ring substituents is 1. The van der Waals surface area contributed by atoms with E-state index in [9.17, 15) is 25.0 Å². The highest BCUT2D eigenvalue weighted by atomic mass is 16.6. The van der Waals surface area contributed by atoms with Crippen molar-refractivity contribution in [2.24, 2.45) is 0 Å². The summed E-state index contributed by atoms with van der Waals surface area (Å²) in [7, 11) is 0. The SMILES string of the molecule is CCOC(=O)c1cc([N+](=O)[O-])ccc1[N+](=O)[O-]. The van der Waals surface area contributed by atoms with Gasteiger partial charge in [0.05, 0.1) is 16.5 Å². The largest absolute Gasteiger partial charge is 0.462 e. The van der Waals surface area contributed by atoms with Gasteiger partial charge in [-0.05, 0) is 6.92 Å². The van der Waals surface area contributed by atoms with Crippen molar-refractivity contribution >= 4 is 17.3 Å². The number of hydrogen-bond donors (Lipinski definition) is 0. The predicted molar refractivity (Wildman–Crippen MR) is 55.7 cm³/mol. The molecule has 8 heteroatoms. The average molecular weight is 240 g/mol. The normalized spacial score (nSPS) is 9.71. The van der Waals surface area contributed by atoms with E-state index in [0.29, 0.717) is 0 Å². The summed E-state index contributed by atoms with van der Waals surface area (Å²) in [6, 6.07) is 2.70. The first-order valence-corrected chi connectivity index (χ1v) is 4.57. The van der Waals surface area contributed by atoms with Crippen LogP contribution in [0.1, 0.15) is 17.3 Å². The van der Waals surface area contributed by atoms with Crippen LogP contribution in [0, 0.1) is 20.2 Å². The molecule has 0 aromatic heterocycles. The zero-order chi connectivity index (χ0) is 13.0. The predicted octanol–water partition coefficient (Wildman–Crippen LogP) is 1.68. The van der Waals surface area contributed by atoms with Crippen molar-refractivity contribution in [2.45, 2.75) is 6.92 Å². The summed E-state index contributed by atoms with van der Waals surface area (Å²) in [4.78, 5) is 31.0. The number of benzene rings is 1. The molecule has 1 rings (SSSR count). The maximum absolute atomic E-state index is 11.4. The molecule has 0 aliphatic rings. The number of nitrogens with zero attached hydrogens (tertiary/aromatic N) is 2. The summed E-state index contributed by atoms with van der Waals surface area (Å²) >= 11 is 0. The van der Waals surface area contributed by atoms with Gasteiger partial charge in [-0.2, -0.15) is 0 Å². The summed E-state index contributed by atoms with van der Waals surface area (Å²) in [6.07, 6.45) is 0. The minimum absolute atomic E-state index is 0.0265. The highest BCUT2D eigenvalue weighted by molar-refractivity contribution is 5.94. The van der Waals surface area contributed by atoms with E-state index in [0.717, 1.165) is 18.2 Å². The van der Waals surface area contributed by atoms with E-state index in [-0.39, 0.29) is 6.61 Å². The van der Waals surface area contributed by atoms with Crippen molar-refractivity contribution in [2.75, 3.05) is 6.61 Å². The molecule has 0 N–H and O–H groups in total. The molecule has 0 aliphatic heterocycles. The highest BCUT2D eigenvalue weighted by Crippen LogP contribution is 2.24. The summed E-state index contributed by atoms with van der Waals surface area (Å²) in [5, 5.41) is 21.1. The van der Waals surface area contributed by atoms with E-state index in [2.05, 4.69) is 4.74 Å². The van der Waals surface area contributed by atoms with E-state index in [1.165, 1.54) is 6.92 Å². The molecule has 0 saturated heterocycles. The summed E-state index contributed by atoms with van der Waals surface area (Å²) in [5.41, 5.74) is -1.35. The van der Waals surface area contributed by atoms with Gasteiger partial charge in [-0.3, -0.25) is 20.2 Å². The van der Waals surface area contributed by atoms with Crippen LogP contribution in [-0.4, -0.2) is 22.4 Å². The van der Waals surface area contributed by atoms with Crippen molar-refractivity contribution in [3.63, 3.8) is 0 Å². The molecule has 0 saturated carbocycles. The van der Waals surface area contributed by atoms with Crippen LogP contribution in [0.3, 0.4) is 0 Å². The van der Waals surface area contributed by atoms with Gasteiger partial charge in [-0.15, -0.1) is 0 Å². The number of carbonyl (C=O) groups excluding carboxylic acids is 1. The molecular weight excluding hydrogens is 232 g/mol. The quantitative estimate of drug-likeness (QED) is 0.449. The van der Waals surface area contributed by atoms with E-state index < -0.39 is 32.8 Å². The maximum Gasteiger partial charge on any atom is 0.345 e. The Bertz CT molecular complexity index is 484. The smallest absolute Gasteiger partial charge is 0.345 e. The lowest BCUT2D eigenvalue weighted by atomic mass is 10.1. The first-order valence-electron chi connectivity index (χ1n) is 4.57. The molecule has 90 valence electrons. The topological polar surface area (TPSA) is 113 Å². The van der Waals surface area contributed by atoms with E-state index in [4.69, 9.17) is 0 Å². The summed E-state index contributed by atoms with van der Waals surface area (Å²) < 4.78 is 4.59. The Morgan fingerprint density at radius 1 is 1.29 bits per heavy atom. The first-order chi connectivity index (χ1) is 7.97. The Hall–Kier alpha value is -2.51. The Labute approximate surface area is 95.1 Å². The second-order valence-corrected chi connectivity index (χ2v) is 2.94. The van der Waals surface area contributed by atoms with Crippen LogP contribution in [-0.2, 0) is 4.74 Å². The molecule has 0 amide bonds. The fraction of sp³-hybridized carbons (Fsp3) is 0.222. The maximum atomic E-state index is 11.4. The van der Waals surface area contributed by atoms with E-state index in [1.54, 1.807) is 0 Å². The van der Waals surface area contributed by atoms with Crippen LogP contribution in [0.5, 0.6) is 0 Å². The van der Waals surface area contributed by atoms with Crippen LogP contribution < -0.4 is 0 Å². The minimum Gasteiger partial charge on any atom is -0.462 e. The molecule has 17 heavy (non-hydrogen) atoms. The molecule has 8 nitrogen and oxygen atoms in total. The number of ether oxygens (including phenoxy) is 1. The van der Waals surface area contributed by atoms with Crippen molar-refractivity contribution in [3.8, 4) is 0 Å². The van der Waals surface area contributed by atoms with Crippen molar-refractivity contribution in [3.05, 3.63) is 44.0 Å². The number of rotatable bonds is 4. The second-order valence-electron chi connectivity index (χ2n) is 2.94. The van der Waals surface area contributed by atoms with Gasteiger partial charge in [-0.25, -0.2) is 4.79 Å². The van der Waals surface area contributed by atoms with Crippen LogP contribution in [0.15, 0.2) is 18.2 Å². The Morgan fingerprint density at radius 2 is 1.94 bits per heavy atom.